The van der Waals surface area contributed by atoms with E-state index >= 15 is 0 Å². The lowest BCUT2D eigenvalue weighted by molar-refractivity contribution is -0.166. The van der Waals surface area contributed by atoms with Gasteiger partial charge < -0.3 is 33.7 Å². The number of ether oxygens (including phenoxy) is 4. The lowest BCUT2D eigenvalue weighted by Gasteiger charge is -2.30. The molecule has 0 saturated carbocycles. The van der Waals surface area contributed by atoms with Gasteiger partial charge in [0.15, 0.2) is 6.04 Å². The van der Waals surface area contributed by atoms with Crippen molar-refractivity contribution in [1.82, 2.24) is 14.8 Å². The molecule has 3 atom stereocenters. The van der Waals surface area contributed by atoms with Gasteiger partial charge in [-0.05, 0) is 71.7 Å². The monoisotopic (exact) mass is 603 g/mol. The van der Waals surface area contributed by atoms with Crippen molar-refractivity contribution in [2.24, 2.45) is 0 Å². The smallest absolute Gasteiger partial charge is 0.408 e. The summed E-state index contributed by atoms with van der Waals surface area (Å²) in [6.07, 6.45) is 1.98. The van der Waals surface area contributed by atoms with E-state index in [9.17, 15) is 23.6 Å². The number of carbonyl (C=O) groups is 4. The number of alkyl carbamates (subject to hydrolysis) is 1. The summed E-state index contributed by atoms with van der Waals surface area (Å²) in [5.41, 5.74) is -0.247. The van der Waals surface area contributed by atoms with E-state index in [0.717, 1.165) is 5.52 Å². The van der Waals surface area contributed by atoms with E-state index in [1.165, 1.54) is 24.1 Å². The molecule has 0 spiro atoms. The second-order valence-corrected chi connectivity index (χ2v) is 12.4. The second-order valence-electron chi connectivity index (χ2n) is 12.4. The van der Waals surface area contributed by atoms with Crippen LogP contribution in [0.3, 0.4) is 0 Å². The summed E-state index contributed by atoms with van der Waals surface area (Å²) in [5, 5.41) is 3.21. The first-order valence-corrected chi connectivity index (χ1v) is 14.1. The number of methoxy groups -OCH3 is 1. The summed E-state index contributed by atoms with van der Waals surface area (Å²) in [4.78, 5) is 53.4. The van der Waals surface area contributed by atoms with Gasteiger partial charge >= 0.3 is 18.0 Å². The van der Waals surface area contributed by atoms with Crippen molar-refractivity contribution in [3.8, 4) is 0 Å². The van der Waals surface area contributed by atoms with Gasteiger partial charge in [-0.15, -0.1) is 6.58 Å². The van der Waals surface area contributed by atoms with E-state index in [1.54, 1.807) is 59.9 Å². The van der Waals surface area contributed by atoms with Crippen LogP contribution in [-0.2, 0) is 46.3 Å². The Morgan fingerprint density at radius 3 is 2.40 bits per heavy atom. The fourth-order valence-electron chi connectivity index (χ4n) is 5.00. The maximum Gasteiger partial charge on any atom is 0.408 e. The summed E-state index contributed by atoms with van der Waals surface area (Å²) in [6, 6.07) is 1.97. The Labute approximate surface area is 251 Å². The molecule has 3 rings (SSSR count). The van der Waals surface area contributed by atoms with Gasteiger partial charge in [-0.2, -0.15) is 0 Å². The molecule has 2 amide bonds. The number of rotatable bonds is 10. The number of benzene rings is 1. The molecule has 1 unspecified atom stereocenters. The third-order valence-corrected chi connectivity index (χ3v) is 6.57. The molecule has 43 heavy (non-hydrogen) atoms. The minimum absolute atomic E-state index is 0.0317. The molecule has 1 fully saturated rings. The van der Waals surface area contributed by atoms with Gasteiger partial charge in [-0.25, -0.2) is 18.8 Å². The van der Waals surface area contributed by atoms with Gasteiger partial charge in [0.2, 0.25) is 5.91 Å². The fourth-order valence-corrected chi connectivity index (χ4v) is 5.00. The number of carbonyl (C=O) groups excluding carboxylic acids is 4. The molecular formula is C31H42FN3O8. The van der Waals surface area contributed by atoms with E-state index in [4.69, 9.17) is 18.9 Å². The number of hydrogen-bond donors (Lipinski definition) is 1. The van der Waals surface area contributed by atoms with Crippen molar-refractivity contribution in [1.29, 1.82) is 0 Å². The fraction of sp³-hybridized carbons (Fsp3) is 0.548. The summed E-state index contributed by atoms with van der Waals surface area (Å²) in [6.45, 7) is 14.1. The van der Waals surface area contributed by atoms with Gasteiger partial charge in [0.05, 0.1) is 13.2 Å². The lowest BCUT2D eigenvalue weighted by Crippen LogP contribution is -2.55. The highest BCUT2D eigenvalue weighted by Crippen LogP contribution is 2.27. The van der Waals surface area contributed by atoms with Crippen LogP contribution < -0.4 is 5.32 Å². The van der Waals surface area contributed by atoms with Crippen LogP contribution in [0, 0.1) is 5.82 Å². The minimum atomic E-state index is -1.20. The molecule has 1 aromatic heterocycles. The number of amides is 2. The number of likely N-dealkylation sites (tertiary alicyclic amines) is 1. The molecule has 12 heteroatoms. The van der Waals surface area contributed by atoms with E-state index in [2.05, 4.69) is 11.9 Å². The van der Waals surface area contributed by atoms with Crippen molar-refractivity contribution in [2.45, 2.75) is 90.3 Å². The van der Waals surface area contributed by atoms with Crippen LogP contribution in [0.1, 0.15) is 53.5 Å². The molecule has 2 heterocycles. The number of fused-ring (bicyclic) bond motifs is 1. The second kappa shape index (κ2) is 13.6. The lowest BCUT2D eigenvalue weighted by atomic mass is 10.0. The topological polar surface area (TPSA) is 125 Å². The highest BCUT2D eigenvalue weighted by atomic mass is 19.1. The number of aromatic nitrogens is 1. The average Bonchev–Trinajstić information content (AvgIpc) is 3.45. The maximum absolute atomic E-state index is 14.3. The Morgan fingerprint density at radius 2 is 1.79 bits per heavy atom. The zero-order valence-corrected chi connectivity index (χ0v) is 25.9. The SMILES string of the molecule is C=CCn1cc(C[C@H](NC(=O)OC(C)(C)C)C(=O)N2CCC(OCC(=O)OC(C)(C)C)[C@H]2C(=O)OC)c2cc(F)ccc21. The molecule has 236 valence electrons. The van der Waals surface area contributed by atoms with Crippen molar-refractivity contribution >= 4 is 34.8 Å². The number of allylic oxidation sites excluding steroid dienone is 1. The van der Waals surface area contributed by atoms with Crippen LogP contribution in [0.5, 0.6) is 0 Å². The van der Waals surface area contributed by atoms with Crippen molar-refractivity contribution in [2.75, 3.05) is 20.3 Å². The van der Waals surface area contributed by atoms with E-state index < -0.39 is 65.8 Å². The Kier molecular flexibility index (Phi) is 10.6. The number of halogens is 1. The molecule has 1 aliphatic rings. The average molecular weight is 604 g/mol. The van der Waals surface area contributed by atoms with E-state index in [0.29, 0.717) is 17.5 Å². The van der Waals surface area contributed by atoms with Gasteiger partial charge in [-0.1, -0.05) is 6.08 Å². The highest BCUT2D eigenvalue weighted by molar-refractivity contribution is 5.92. The summed E-state index contributed by atoms with van der Waals surface area (Å²) in [5.74, 6) is -2.40. The minimum Gasteiger partial charge on any atom is -0.467 e. The Balaban J connectivity index is 1.93. The summed E-state index contributed by atoms with van der Waals surface area (Å²) >= 11 is 0. The zero-order chi connectivity index (χ0) is 32.1. The van der Waals surface area contributed by atoms with Crippen LogP contribution in [0.25, 0.3) is 10.9 Å². The first kappa shape index (κ1) is 33.6. The largest absolute Gasteiger partial charge is 0.467 e. The number of nitrogens with one attached hydrogen (secondary N) is 1. The molecule has 1 aliphatic heterocycles. The molecule has 1 saturated heterocycles. The van der Waals surface area contributed by atoms with Gasteiger partial charge in [0, 0.05) is 36.6 Å². The molecule has 2 aromatic rings. The van der Waals surface area contributed by atoms with Gasteiger partial charge in [0.25, 0.3) is 0 Å². The third-order valence-electron chi connectivity index (χ3n) is 6.57. The Morgan fingerprint density at radius 1 is 1.12 bits per heavy atom. The Bertz CT molecular complexity index is 1360. The molecule has 0 bridgehead atoms. The summed E-state index contributed by atoms with van der Waals surface area (Å²) in [7, 11) is 1.19. The molecule has 0 radical (unpaired) electrons. The first-order valence-electron chi connectivity index (χ1n) is 14.1. The van der Waals surface area contributed by atoms with Crippen LogP contribution >= 0.6 is 0 Å². The third kappa shape index (κ3) is 9.03. The van der Waals surface area contributed by atoms with Crippen LogP contribution in [0.15, 0.2) is 37.1 Å². The molecular weight excluding hydrogens is 561 g/mol. The molecule has 0 aliphatic carbocycles. The maximum atomic E-state index is 14.3. The van der Waals surface area contributed by atoms with E-state index in [1.807, 2.05) is 4.57 Å². The highest BCUT2D eigenvalue weighted by Gasteiger charge is 2.46. The molecule has 1 N–H and O–H groups in total. The van der Waals surface area contributed by atoms with Crippen molar-refractivity contribution in [3.05, 3.63) is 48.4 Å². The number of esters is 2. The number of hydrogen-bond acceptors (Lipinski definition) is 8. The normalized spacial score (nSPS) is 17.8. The first-order chi connectivity index (χ1) is 20.0. The molecule has 1 aromatic carbocycles. The predicted molar refractivity (Wildman–Crippen MR) is 157 cm³/mol. The van der Waals surface area contributed by atoms with Gasteiger partial charge in [-0.3, -0.25) is 4.79 Å². The zero-order valence-electron chi connectivity index (χ0n) is 25.9. The standard InChI is InChI=1S/C31H42FN3O8/c1-9-13-34-17-19(21-16-20(32)10-11-23(21)34)15-22(33-29(39)43-31(5,6)7)27(37)35-14-12-24(26(35)28(38)40-8)41-18-25(36)42-30(2,3)4/h9-11,16-17,22,24,26H,1,12-15,18H2,2-8H3,(H,33,39)/t22-,24?,26-/m0/s1. The van der Waals surface area contributed by atoms with Crippen LogP contribution in [0.4, 0.5) is 9.18 Å². The van der Waals surface area contributed by atoms with Gasteiger partial charge in [0.1, 0.15) is 29.7 Å². The quantitative estimate of drug-likeness (QED) is 0.246. The molecule has 11 nitrogen and oxygen atoms in total. The van der Waals surface area contributed by atoms with Crippen LogP contribution in [-0.4, -0.2) is 83.1 Å². The summed E-state index contributed by atoms with van der Waals surface area (Å²) < 4.78 is 37.6. The predicted octanol–water partition coefficient (Wildman–Crippen LogP) is 3.90. The number of nitrogens with zero attached hydrogens (tertiary/aromatic N) is 2. The van der Waals surface area contributed by atoms with Crippen LogP contribution in [0.2, 0.25) is 0 Å². The van der Waals surface area contributed by atoms with Crippen molar-refractivity contribution < 1.29 is 42.5 Å². The van der Waals surface area contributed by atoms with E-state index in [-0.39, 0.29) is 19.4 Å². The Hall–Kier alpha value is -3.93. The van der Waals surface area contributed by atoms with Crippen molar-refractivity contribution in [3.63, 3.8) is 0 Å².